The Labute approximate surface area is 147 Å². The topological polar surface area (TPSA) is 23.5 Å². The average Bonchev–Trinajstić information content (AvgIpc) is 3.08. The second-order valence-corrected chi connectivity index (χ2v) is 7.50. The van der Waals surface area contributed by atoms with Gasteiger partial charge in [-0.3, -0.25) is 4.90 Å². The van der Waals surface area contributed by atoms with Crippen molar-refractivity contribution >= 4 is 0 Å². The molecule has 2 fully saturated rings. The van der Waals surface area contributed by atoms with Crippen molar-refractivity contribution in [1.82, 2.24) is 4.90 Å². The van der Waals surface area contributed by atoms with Gasteiger partial charge in [-0.05, 0) is 50.8 Å². The summed E-state index contributed by atoms with van der Waals surface area (Å²) in [6, 6.07) is 10.5. The van der Waals surface area contributed by atoms with Gasteiger partial charge in [0.15, 0.2) is 0 Å². The maximum absolute atomic E-state index is 11.5. The molecule has 0 bridgehead atoms. The number of nitrogens with zero attached hydrogens (tertiary/aromatic N) is 1. The summed E-state index contributed by atoms with van der Waals surface area (Å²) in [7, 11) is 0. The minimum Gasteiger partial charge on any atom is -0.388 e. The Morgan fingerprint density at radius 3 is 2.33 bits per heavy atom. The second-order valence-electron chi connectivity index (χ2n) is 7.50. The molecule has 0 radical (unpaired) electrons. The first-order chi connectivity index (χ1) is 11.7. The van der Waals surface area contributed by atoms with Crippen molar-refractivity contribution in [2.75, 3.05) is 19.6 Å². The SMILES string of the molecule is CCC(C#CCN1CCCCC1)(c1ccccc1)C1(O)CCCC1. The van der Waals surface area contributed by atoms with Crippen LogP contribution in [-0.2, 0) is 5.41 Å². The Hall–Kier alpha value is -1.30. The van der Waals surface area contributed by atoms with Crippen molar-refractivity contribution in [2.45, 2.75) is 69.3 Å². The van der Waals surface area contributed by atoms with Crippen LogP contribution in [0.1, 0.15) is 63.9 Å². The van der Waals surface area contributed by atoms with Crippen molar-refractivity contribution in [3.63, 3.8) is 0 Å². The molecule has 1 atom stereocenters. The molecule has 130 valence electrons. The molecule has 1 N–H and O–H groups in total. The summed E-state index contributed by atoms with van der Waals surface area (Å²) in [6.45, 7) is 5.36. The normalized spacial score (nSPS) is 23.2. The highest BCUT2D eigenvalue weighted by Crippen LogP contribution is 2.47. The zero-order chi connectivity index (χ0) is 16.9. The van der Waals surface area contributed by atoms with Crippen LogP contribution < -0.4 is 0 Å². The van der Waals surface area contributed by atoms with Gasteiger partial charge in [0.2, 0.25) is 0 Å². The van der Waals surface area contributed by atoms with E-state index in [1.807, 2.05) is 6.07 Å². The van der Waals surface area contributed by atoms with E-state index < -0.39 is 11.0 Å². The molecule has 3 rings (SSSR count). The number of likely N-dealkylation sites (tertiary alicyclic amines) is 1. The predicted octanol–water partition coefficient (Wildman–Crippen LogP) is 4.13. The third kappa shape index (κ3) is 3.39. The van der Waals surface area contributed by atoms with Gasteiger partial charge in [-0.25, -0.2) is 0 Å². The molecular formula is C22H31NO. The Morgan fingerprint density at radius 1 is 1.04 bits per heavy atom. The largest absolute Gasteiger partial charge is 0.388 e. The maximum Gasteiger partial charge on any atom is 0.0853 e. The summed E-state index contributed by atoms with van der Waals surface area (Å²) in [5.41, 5.74) is 0.0708. The number of hydrogen-bond acceptors (Lipinski definition) is 2. The van der Waals surface area contributed by atoms with Crippen molar-refractivity contribution in [1.29, 1.82) is 0 Å². The first kappa shape index (κ1) is 17.5. The molecular weight excluding hydrogens is 294 g/mol. The predicted molar refractivity (Wildman–Crippen MR) is 99.9 cm³/mol. The third-order valence-corrected chi connectivity index (χ3v) is 6.08. The van der Waals surface area contributed by atoms with Crippen molar-refractivity contribution < 1.29 is 5.11 Å². The number of aliphatic hydroxyl groups is 1. The van der Waals surface area contributed by atoms with E-state index in [9.17, 15) is 5.11 Å². The minimum absolute atomic E-state index is 0.430. The molecule has 0 amide bonds. The van der Waals surface area contributed by atoms with E-state index in [1.54, 1.807) is 0 Å². The van der Waals surface area contributed by atoms with Crippen molar-refractivity contribution in [3.8, 4) is 11.8 Å². The van der Waals surface area contributed by atoms with Crippen LogP contribution in [0.25, 0.3) is 0 Å². The summed E-state index contributed by atoms with van der Waals surface area (Å²) in [4.78, 5) is 2.46. The summed E-state index contributed by atoms with van der Waals surface area (Å²) in [6.07, 6.45) is 8.76. The smallest absolute Gasteiger partial charge is 0.0853 e. The first-order valence-corrected chi connectivity index (χ1v) is 9.70. The summed E-state index contributed by atoms with van der Waals surface area (Å²) < 4.78 is 0. The Kier molecular flexibility index (Phi) is 5.64. The lowest BCUT2D eigenvalue weighted by atomic mass is 9.65. The fourth-order valence-electron chi connectivity index (χ4n) is 4.61. The molecule has 1 aromatic carbocycles. The van der Waals surface area contributed by atoms with Crippen LogP contribution in [0, 0.1) is 11.8 Å². The molecule has 1 unspecified atom stereocenters. The van der Waals surface area contributed by atoms with Crippen LogP contribution in [0.3, 0.4) is 0 Å². The van der Waals surface area contributed by atoms with Crippen LogP contribution in [0.15, 0.2) is 30.3 Å². The monoisotopic (exact) mass is 325 g/mol. The summed E-state index contributed by atoms with van der Waals surface area (Å²) in [5, 5.41) is 11.5. The van der Waals surface area contributed by atoms with E-state index >= 15 is 0 Å². The van der Waals surface area contributed by atoms with Gasteiger partial charge < -0.3 is 5.11 Å². The van der Waals surface area contributed by atoms with Crippen LogP contribution in [0.4, 0.5) is 0 Å². The molecule has 1 aliphatic heterocycles. The van der Waals surface area contributed by atoms with Crippen LogP contribution in [0.5, 0.6) is 0 Å². The van der Waals surface area contributed by atoms with E-state index in [0.717, 1.165) is 38.6 Å². The highest BCUT2D eigenvalue weighted by atomic mass is 16.3. The lowest BCUT2D eigenvalue weighted by Gasteiger charge is -2.42. The Balaban J connectivity index is 1.90. The Bertz CT molecular complexity index is 573. The fourth-order valence-corrected chi connectivity index (χ4v) is 4.61. The molecule has 24 heavy (non-hydrogen) atoms. The Morgan fingerprint density at radius 2 is 1.71 bits per heavy atom. The van der Waals surface area contributed by atoms with Gasteiger partial charge in [0, 0.05) is 0 Å². The van der Waals surface area contributed by atoms with Crippen LogP contribution in [-0.4, -0.2) is 35.2 Å². The molecule has 0 spiro atoms. The standard InChI is InChI=1S/C22H31NO/c1-2-21(20-12-5-3-6-13-20,22(24)15-7-8-16-22)14-11-19-23-17-9-4-10-18-23/h3,5-6,12-13,24H,2,4,7-10,15-19H2,1H3. The van der Waals surface area contributed by atoms with Crippen molar-refractivity contribution in [2.24, 2.45) is 0 Å². The molecule has 1 saturated heterocycles. The molecule has 0 aromatic heterocycles. The molecule has 1 aliphatic carbocycles. The summed E-state index contributed by atoms with van der Waals surface area (Å²) >= 11 is 0. The van der Waals surface area contributed by atoms with E-state index in [1.165, 1.54) is 37.9 Å². The van der Waals surface area contributed by atoms with Gasteiger partial charge in [-0.2, -0.15) is 0 Å². The van der Waals surface area contributed by atoms with E-state index in [4.69, 9.17) is 0 Å². The molecule has 1 heterocycles. The number of rotatable bonds is 4. The highest BCUT2D eigenvalue weighted by Gasteiger charge is 2.50. The lowest BCUT2D eigenvalue weighted by molar-refractivity contribution is -0.0119. The summed E-state index contributed by atoms with van der Waals surface area (Å²) in [5.74, 6) is 7.05. The molecule has 2 heteroatoms. The van der Waals surface area contributed by atoms with E-state index in [0.29, 0.717) is 0 Å². The zero-order valence-electron chi connectivity index (χ0n) is 15.1. The lowest BCUT2D eigenvalue weighted by Crippen LogP contribution is -2.49. The van der Waals surface area contributed by atoms with Crippen LogP contribution in [0.2, 0.25) is 0 Å². The van der Waals surface area contributed by atoms with Gasteiger partial charge in [-0.1, -0.05) is 68.4 Å². The van der Waals surface area contributed by atoms with E-state index in [2.05, 4.69) is 47.9 Å². The van der Waals surface area contributed by atoms with Crippen molar-refractivity contribution in [3.05, 3.63) is 35.9 Å². The van der Waals surface area contributed by atoms with E-state index in [-0.39, 0.29) is 0 Å². The zero-order valence-corrected chi connectivity index (χ0v) is 15.1. The highest BCUT2D eigenvalue weighted by molar-refractivity contribution is 5.41. The average molecular weight is 325 g/mol. The molecule has 1 saturated carbocycles. The first-order valence-electron chi connectivity index (χ1n) is 9.70. The van der Waals surface area contributed by atoms with Gasteiger partial charge >= 0.3 is 0 Å². The number of hydrogen-bond donors (Lipinski definition) is 1. The van der Waals surface area contributed by atoms with Gasteiger partial charge in [0.25, 0.3) is 0 Å². The second kappa shape index (κ2) is 7.72. The fraction of sp³-hybridized carbons (Fsp3) is 0.636. The van der Waals surface area contributed by atoms with Gasteiger partial charge in [-0.15, -0.1) is 0 Å². The van der Waals surface area contributed by atoms with Gasteiger partial charge in [0.1, 0.15) is 0 Å². The molecule has 2 aliphatic rings. The molecule has 1 aromatic rings. The van der Waals surface area contributed by atoms with Crippen LogP contribution >= 0.6 is 0 Å². The molecule has 2 nitrogen and oxygen atoms in total. The quantitative estimate of drug-likeness (QED) is 0.842. The number of piperidine rings is 1. The number of benzene rings is 1. The van der Waals surface area contributed by atoms with Gasteiger partial charge in [0.05, 0.1) is 17.6 Å². The minimum atomic E-state index is -0.683. The third-order valence-electron chi connectivity index (χ3n) is 6.08. The maximum atomic E-state index is 11.5.